The number of esters is 1. The van der Waals surface area contributed by atoms with Crippen LogP contribution in [0.25, 0.3) is 0 Å². The van der Waals surface area contributed by atoms with Gasteiger partial charge in [-0.25, -0.2) is 0 Å². The summed E-state index contributed by atoms with van der Waals surface area (Å²) in [5.41, 5.74) is -2.75. The average Bonchev–Trinajstić information content (AvgIpc) is 3.29. The van der Waals surface area contributed by atoms with Crippen LogP contribution in [0.1, 0.15) is 92.9 Å². The van der Waals surface area contributed by atoms with Crippen molar-refractivity contribution in [3.63, 3.8) is 0 Å². The third-order valence-electron chi connectivity index (χ3n) is 18.5. The zero-order valence-corrected chi connectivity index (χ0v) is 38.9. The lowest BCUT2D eigenvalue weighted by Gasteiger charge is -2.70. The van der Waals surface area contributed by atoms with Crippen LogP contribution in [0, 0.1) is 44.3 Å². The van der Waals surface area contributed by atoms with Crippen LogP contribution in [-0.2, 0) is 28.5 Å². The Morgan fingerprint density at radius 2 is 1.47 bits per heavy atom. The quantitative estimate of drug-likeness (QED) is 0.0721. The Labute approximate surface area is 385 Å². The molecule has 0 aromatic rings. The number of carbonyl (C=O) groups is 1. The first-order valence-electron chi connectivity index (χ1n) is 23.7. The van der Waals surface area contributed by atoms with Crippen LogP contribution in [0.2, 0.25) is 0 Å². The SMILES string of the molecule is C[C@H]1O[C@@H](O[C@H]2CC[C@@]3(C)[C@@H](CC[C@]4(C)[C@@H]3C=CC3=C5C[C@](C)(C(=O)OC[C@H](O)[C@@H](O)[C@H](O)CO)CC[C@]5(CO)[C@H](O)C[C@]34C)[C@]2(C)CO)[C@H](O)[C@H](O[C@@H]2O[C@H](CO)[C@@H](O)[C@H](O)[C@H]2O)[C@H]1O. The first kappa shape index (κ1) is 52.1. The van der Waals surface area contributed by atoms with Gasteiger partial charge in [-0.3, -0.25) is 4.79 Å². The molecule has 0 bridgehead atoms. The topological polar surface area (TPSA) is 326 Å². The summed E-state index contributed by atoms with van der Waals surface area (Å²) in [6.07, 6.45) is -13.7. The van der Waals surface area contributed by atoms with E-state index in [-0.39, 0.29) is 37.9 Å². The molecular weight excluding hydrogens is 868 g/mol. The van der Waals surface area contributed by atoms with Gasteiger partial charge in [0, 0.05) is 16.2 Å². The summed E-state index contributed by atoms with van der Waals surface area (Å²) in [7, 11) is 0. The van der Waals surface area contributed by atoms with Gasteiger partial charge in [0.1, 0.15) is 67.6 Å². The maximum Gasteiger partial charge on any atom is 0.312 e. The van der Waals surface area contributed by atoms with Crippen molar-refractivity contribution >= 4 is 5.97 Å². The highest BCUT2D eigenvalue weighted by Crippen LogP contribution is 2.74. The number of fused-ring (bicyclic) bond motifs is 6. The smallest absolute Gasteiger partial charge is 0.312 e. The van der Waals surface area contributed by atoms with Crippen molar-refractivity contribution in [3.05, 3.63) is 23.3 Å². The predicted molar refractivity (Wildman–Crippen MR) is 229 cm³/mol. The Morgan fingerprint density at radius 1 is 0.788 bits per heavy atom. The van der Waals surface area contributed by atoms with Crippen molar-refractivity contribution in [2.45, 2.75) is 185 Å². The van der Waals surface area contributed by atoms with Gasteiger partial charge in [0.15, 0.2) is 12.6 Å². The largest absolute Gasteiger partial charge is 0.462 e. The summed E-state index contributed by atoms with van der Waals surface area (Å²) in [6.45, 7) is 9.21. The van der Waals surface area contributed by atoms with E-state index in [0.717, 1.165) is 11.1 Å². The Morgan fingerprint density at radius 3 is 2.11 bits per heavy atom. The number of carbonyl (C=O) groups excluding carboxylic acids is 1. The minimum atomic E-state index is -1.78. The standard InChI is InChI=1S/C47H76O19/c1-22-32(55)38(66-39-36(59)35(58)34(57)27(18-49)64-39)37(60)40(63-22)65-31-10-11-43(3)28(44(31,4)20-50)9-12-45(5)29(43)8-7-23-24-15-42(2,41(61)62-19-26(53)33(56)25(52)17-48)13-14-47(24,21-51)30(54)16-46(23,45)6/h7-8,22,25-40,48-60H,9-21H2,1-6H3/t22-,25-,26+,27-,28-,29-,30-,31+,32+,33+,34-,35+,36-,37-,38-,39+,40+,42-,43+,44+,45-,46-,47-/m1/s1. The van der Waals surface area contributed by atoms with Crippen LogP contribution in [0.4, 0.5) is 0 Å². The first-order chi connectivity index (χ1) is 30.9. The fourth-order valence-corrected chi connectivity index (χ4v) is 13.9. The van der Waals surface area contributed by atoms with Crippen LogP contribution >= 0.6 is 0 Å². The highest BCUT2D eigenvalue weighted by molar-refractivity contribution is 5.77. The maximum atomic E-state index is 13.8. The number of ether oxygens (including phenoxy) is 5. The number of hydrogen-bond donors (Lipinski definition) is 13. The van der Waals surface area contributed by atoms with Crippen molar-refractivity contribution in [1.82, 2.24) is 0 Å². The second-order valence-electron chi connectivity index (χ2n) is 22.1. The monoisotopic (exact) mass is 944 g/mol. The Bertz CT molecular complexity index is 1810. The highest BCUT2D eigenvalue weighted by atomic mass is 16.7. The molecule has 0 unspecified atom stereocenters. The van der Waals surface area contributed by atoms with E-state index in [1.807, 2.05) is 6.92 Å². The van der Waals surface area contributed by atoms with Crippen LogP contribution in [-0.4, -0.2) is 197 Å². The average molecular weight is 945 g/mol. The molecule has 3 saturated carbocycles. The third kappa shape index (κ3) is 8.06. The molecule has 23 atom stereocenters. The van der Waals surface area contributed by atoms with E-state index >= 15 is 0 Å². The van der Waals surface area contributed by atoms with E-state index in [9.17, 15) is 71.2 Å². The first-order valence-corrected chi connectivity index (χ1v) is 23.7. The lowest BCUT2D eigenvalue weighted by molar-refractivity contribution is -0.367. The van der Waals surface area contributed by atoms with Crippen LogP contribution in [0.15, 0.2) is 23.3 Å². The van der Waals surface area contributed by atoms with Gasteiger partial charge in [-0.2, -0.15) is 0 Å². The Hall–Kier alpha value is -1.73. The minimum absolute atomic E-state index is 0.0658. The van der Waals surface area contributed by atoms with E-state index in [4.69, 9.17) is 23.7 Å². The molecule has 0 spiro atoms. The molecule has 66 heavy (non-hydrogen) atoms. The van der Waals surface area contributed by atoms with E-state index in [1.165, 1.54) is 0 Å². The van der Waals surface area contributed by atoms with Gasteiger partial charge in [-0.15, -0.1) is 0 Å². The van der Waals surface area contributed by atoms with Gasteiger partial charge in [-0.1, -0.05) is 45.4 Å². The summed E-state index contributed by atoms with van der Waals surface area (Å²) in [6, 6.07) is 0. The van der Waals surface area contributed by atoms with Gasteiger partial charge in [-0.05, 0) is 93.5 Å². The zero-order valence-electron chi connectivity index (χ0n) is 38.9. The Kier molecular flexibility index (Phi) is 14.8. The summed E-state index contributed by atoms with van der Waals surface area (Å²) in [5.74, 6) is -0.824. The number of allylic oxidation sites excluding steroid dienone is 3. The second-order valence-corrected chi connectivity index (χ2v) is 22.1. The van der Waals surface area contributed by atoms with Gasteiger partial charge >= 0.3 is 5.97 Å². The molecule has 0 amide bonds. The molecule has 2 heterocycles. The summed E-state index contributed by atoms with van der Waals surface area (Å²) >= 11 is 0. The summed E-state index contributed by atoms with van der Waals surface area (Å²) in [4.78, 5) is 13.8. The fourth-order valence-electron chi connectivity index (χ4n) is 13.9. The molecule has 2 aliphatic heterocycles. The molecule has 0 radical (unpaired) electrons. The van der Waals surface area contributed by atoms with Crippen molar-refractivity contribution in [1.29, 1.82) is 0 Å². The number of rotatable bonds is 13. The molecule has 0 aromatic heterocycles. The highest BCUT2D eigenvalue weighted by Gasteiger charge is 2.69. The van der Waals surface area contributed by atoms with Crippen LogP contribution in [0.3, 0.4) is 0 Å². The Balaban J connectivity index is 1.14. The molecule has 2 saturated heterocycles. The van der Waals surface area contributed by atoms with Gasteiger partial charge < -0.3 is 90.1 Å². The molecule has 0 aromatic carbocycles. The fraction of sp³-hybridized carbons (Fsp3) is 0.894. The van der Waals surface area contributed by atoms with E-state index in [0.29, 0.717) is 38.5 Å². The zero-order chi connectivity index (χ0) is 48.7. The molecule has 7 aliphatic rings. The number of aliphatic hydroxyl groups is 13. The number of hydrogen-bond acceptors (Lipinski definition) is 19. The summed E-state index contributed by atoms with van der Waals surface area (Å²) < 4.78 is 29.5. The third-order valence-corrected chi connectivity index (χ3v) is 18.5. The van der Waals surface area contributed by atoms with Gasteiger partial charge in [0.2, 0.25) is 0 Å². The normalized spacial score (nSPS) is 50.6. The van der Waals surface area contributed by atoms with Crippen molar-refractivity contribution < 1.29 is 94.9 Å². The molecular formula is C47H76O19. The van der Waals surface area contributed by atoms with Crippen molar-refractivity contribution in [2.24, 2.45) is 44.3 Å². The van der Waals surface area contributed by atoms with Crippen LogP contribution in [0.5, 0.6) is 0 Å². The number of aliphatic hydroxyl groups excluding tert-OH is 13. The predicted octanol–water partition coefficient (Wildman–Crippen LogP) is -1.72. The maximum absolute atomic E-state index is 13.8. The molecule has 5 fully saturated rings. The van der Waals surface area contributed by atoms with Gasteiger partial charge in [0.05, 0.1) is 50.2 Å². The summed E-state index contributed by atoms with van der Waals surface area (Å²) in [5, 5.41) is 138. The van der Waals surface area contributed by atoms with E-state index in [1.54, 1.807) is 13.8 Å². The molecule has 5 aliphatic carbocycles. The van der Waals surface area contributed by atoms with Crippen molar-refractivity contribution in [2.75, 3.05) is 33.0 Å². The molecule has 19 nitrogen and oxygen atoms in total. The van der Waals surface area contributed by atoms with E-state index in [2.05, 4.69) is 32.9 Å². The van der Waals surface area contributed by atoms with Crippen LogP contribution < -0.4 is 0 Å². The molecule has 378 valence electrons. The lowest BCUT2D eigenvalue weighted by Crippen LogP contribution is -2.67. The van der Waals surface area contributed by atoms with E-state index < -0.39 is 150 Å². The second kappa shape index (κ2) is 18.8. The van der Waals surface area contributed by atoms with Crippen molar-refractivity contribution in [3.8, 4) is 0 Å². The molecule has 7 rings (SSSR count). The van der Waals surface area contributed by atoms with Gasteiger partial charge in [0.25, 0.3) is 0 Å². The minimum Gasteiger partial charge on any atom is -0.462 e. The molecule has 19 heteroatoms. The lowest BCUT2D eigenvalue weighted by atomic mass is 9.35. The molecule has 13 N–H and O–H groups in total.